The lowest BCUT2D eigenvalue weighted by Gasteiger charge is -2.38. The van der Waals surface area contributed by atoms with Gasteiger partial charge in [0.25, 0.3) is 10.0 Å². The summed E-state index contributed by atoms with van der Waals surface area (Å²) in [5, 5.41) is 0. The van der Waals surface area contributed by atoms with E-state index >= 15 is 0 Å². The second-order valence-corrected chi connectivity index (χ2v) is 9.29. The maximum Gasteiger partial charge on any atom is 0.410 e. The Balaban J connectivity index is 1.79. The van der Waals surface area contributed by atoms with E-state index in [9.17, 15) is 13.2 Å². The molecule has 2 aliphatic heterocycles. The summed E-state index contributed by atoms with van der Waals surface area (Å²) in [5.41, 5.74) is 0.0792. The Labute approximate surface area is 154 Å². The van der Waals surface area contributed by atoms with Gasteiger partial charge in [-0.2, -0.15) is 8.42 Å². The van der Waals surface area contributed by atoms with Gasteiger partial charge in [-0.25, -0.2) is 4.79 Å². The molecule has 0 saturated carbocycles. The number of carbonyl (C=O) groups excluding carboxylic acids is 1. The topological polar surface area (TPSA) is 79.3 Å². The van der Waals surface area contributed by atoms with Gasteiger partial charge in [0.2, 0.25) is 0 Å². The fourth-order valence-corrected chi connectivity index (χ4v) is 4.49. The summed E-state index contributed by atoms with van der Waals surface area (Å²) in [4.78, 5) is 16.2. The zero-order valence-corrected chi connectivity index (χ0v) is 16.4. The molecule has 142 valence electrons. The lowest BCUT2D eigenvalue weighted by molar-refractivity contribution is 0.0169. The minimum absolute atomic E-state index is 0.0585. The highest BCUT2D eigenvalue weighted by molar-refractivity contribution is 7.90. The Kier molecular flexibility index (Phi) is 4.72. The molecule has 0 N–H and O–H groups in total. The van der Waals surface area contributed by atoms with E-state index in [4.69, 9.17) is 4.74 Å². The summed E-state index contributed by atoms with van der Waals surface area (Å²) in [6.45, 7) is 6.74. The van der Waals surface area contributed by atoms with E-state index in [2.05, 4.69) is 4.40 Å². The molecule has 2 heterocycles. The summed E-state index contributed by atoms with van der Waals surface area (Å²) in [6.07, 6.45) is 1.32. The Morgan fingerprint density at radius 3 is 2.69 bits per heavy atom. The van der Waals surface area contributed by atoms with Crippen LogP contribution in [-0.2, 0) is 14.8 Å². The Hall–Kier alpha value is -2.09. The maximum absolute atomic E-state index is 12.3. The van der Waals surface area contributed by atoms with Crippen LogP contribution in [0.1, 0.15) is 39.2 Å². The van der Waals surface area contributed by atoms with Crippen LogP contribution in [0.2, 0.25) is 0 Å². The summed E-state index contributed by atoms with van der Waals surface area (Å²) >= 11 is 0. The zero-order chi connectivity index (χ0) is 19.1. The van der Waals surface area contributed by atoms with Crippen molar-refractivity contribution in [3.05, 3.63) is 29.8 Å². The van der Waals surface area contributed by atoms with Gasteiger partial charge in [-0.05, 0) is 45.7 Å². The molecule has 1 saturated heterocycles. The van der Waals surface area contributed by atoms with Gasteiger partial charge in [0, 0.05) is 25.7 Å². The van der Waals surface area contributed by atoms with Crippen LogP contribution in [0.5, 0.6) is 0 Å². The van der Waals surface area contributed by atoms with Gasteiger partial charge in [0.05, 0.1) is 6.04 Å². The van der Waals surface area contributed by atoms with Gasteiger partial charge in [-0.15, -0.1) is 4.40 Å². The van der Waals surface area contributed by atoms with Crippen LogP contribution in [0.25, 0.3) is 0 Å². The van der Waals surface area contributed by atoms with E-state index in [1.165, 1.54) is 0 Å². The number of hydrogen-bond acceptors (Lipinski definition) is 5. The van der Waals surface area contributed by atoms with Gasteiger partial charge in [0.15, 0.2) is 5.84 Å². The molecule has 1 amide bonds. The molecule has 1 aromatic carbocycles. The molecular weight excluding hydrogens is 354 g/mol. The Bertz CT molecular complexity index is 842. The first-order valence-corrected chi connectivity index (χ1v) is 10.2. The van der Waals surface area contributed by atoms with Crippen molar-refractivity contribution in [1.82, 2.24) is 9.80 Å². The molecule has 0 unspecified atom stereocenters. The number of nitrogens with zero attached hydrogens (tertiary/aromatic N) is 3. The van der Waals surface area contributed by atoms with E-state index < -0.39 is 15.6 Å². The van der Waals surface area contributed by atoms with Crippen LogP contribution < -0.4 is 0 Å². The third-order valence-corrected chi connectivity index (χ3v) is 5.86. The van der Waals surface area contributed by atoms with Crippen LogP contribution in [0.15, 0.2) is 33.6 Å². The number of fused-ring (bicyclic) bond motifs is 1. The molecule has 0 spiro atoms. The van der Waals surface area contributed by atoms with Crippen molar-refractivity contribution in [1.29, 1.82) is 0 Å². The molecule has 1 fully saturated rings. The lowest BCUT2D eigenvalue weighted by atomic mass is 10.0. The van der Waals surface area contributed by atoms with Gasteiger partial charge in [0.1, 0.15) is 10.5 Å². The van der Waals surface area contributed by atoms with Crippen molar-refractivity contribution in [2.45, 2.75) is 50.2 Å². The molecule has 0 radical (unpaired) electrons. The molecule has 26 heavy (non-hydrogen) atoms. The molecule has 0 aromatic heterocycles. The SMILES string of the molecule is CN(C(=O)OC(C)(C)C)[C@@H]1CCCN(C2=NS(=O)(=O)c3ccccc32)C1. The van der Waals surface area contributed by atoms with Crippen LogP contribution >= 0.6 is 0 Å². The van der Waals surface area contributed by atoms with E-state index in [1.54, 1.807) is 30.1 Å². The fourth-order valence-electron chi connectivity index (χ4n) is 3.26. The molecule has 3 rings (SSSR count). The fraction of sp³-hybridized carbons (Fsp3) is 0.556. The standard InChI is InChI=1S/C18H25N3O4S/c1-18(2,3)25-17(22)20(4)13-8-7-11-21(12-13)16-14-9-5-6-10-15(14)26(23,24)19-16/h5-6,9-10,13H,7-8,11-12H2,1-4H3/t13-/m1/s1. The third-order valence-electron chi connectivity index (χ3n) is 4.54. The third kappa shape index (κ3) is 3.70. The number of sulfonamides is 1. The van der Waals surface area contributed by atoms with Crippen molar-refractivity contribution in [2.24, 2.45) is 4.40 Å². The highest BCUT2D eigenvalue weighted by Gasteiger charge is 2.35. The molecule has 1 aromatic rings. The molecule has 0 bridgehead atoms. The molecule has 8 heteroatoms. The number of rotatable bonds is 1. The largest absolute Gasteiger partial charge is 0.444 e. The van der Waals surface area contributed by atoms with E-state index in [1.807, 2.05) is 31.7 Å². The quantitative estimate of drug-likeness (QED) is 0.749. The van der Waals surface area contributed by atoms with E-state index in [0.29, 0.717) is 24.5 Å². The number of ether oxygens (including phenoxy) is 1. The summed E-state index contributed by atoms with van der Waals surface area (Å²) in [5.74, 6) is 0.475. The number of hydrogen-bond donors (Lipinski definition) is 0. The van der Waals surface area contributed by atoms with Crippen molar-refractivity contribution < 1.29 is 17.9 Å². The number of benzene rings is 1. The molecular formula is C18H25N3O4S. The van der Waals surface area contributed by atoms with Gasteiger partial charge >= 0.3 is 6.09 Å². The number of carbonyl (C=O) groups is 1. The second-order valence-electron chi connectivity index (χ2n) is 7.72. The van der Waals surface area contributed by atoms with Crippen molar-refractivity contribution in [3.63, 3.8) is 0 Å². The predicted molar refractivity (Wildman–Crippen MR) is 98.8 cm³/mol. The minimum Gasteiger partial charge on any atom is -0.444 e. The Morgan fingerprint density at radius 2 is 2.00 bits per heavy atom. The molecule has 2 aliphatic rings. The van der Waals surface area contributed by atoms with Crippen LogP contribution in [0.3, 0.4) is 0 Å². The van der Waals surface area contributed by atoms with Gasteiger partial charge in [-0.1, -0.05) is 12.1 Å². The average molecular weight is 379 g/mol. The van der Waals surface area contributed by atoms with Gasteiger partial charge in [-0.3, -0.25) is 0 Å². The molecule has 1 atom stereocenters. The zero-order valence-electron chi connectivity index (χ0n) is 15.6. The number of amides is 1. The first kappa shape index (κ1) is 18.7. The summed E-state index contributed by atoms with van der Waals surface area (Å²) in [7, 11) is -1.92. The monoisotopic (exact) mass is 379 g/mol. The normalized spacial score (nSPS) is 21.8. The number of likely N-dealkylation sites (N-methyl/N-ethyl adjacent to an activating group) is 1. The maximum atomic E-state index is 12.3. The van der Waals surface area contributed by atoms with Crippen molar-refractivity contribution >= 4 is 22.0 Å². The molecule has 7 nitrogen and oxygen atoms in total. The number of likely N-dealkylation sites (tertiary alicyclic amines) is 1. The summed E-state index contributed by atoms with van der Waals surface area (Å²) in [6, 6.07) is 6.81. The first-order valence-electron chi connectivity index (χ1n) is 8.73. The predicted octanol–water partition coefficient (Wildman–Crippen LogP) is 2.47. The first-order chi connectivity index (χ1) is 12.1. The van der Waals surface area contributed by atoms with Crippen molar-refractivity contribution in [2.75, 3.05) is 20.1 Å². The van der Waals surface area contributed by atoms with E-state index in [-0.39, 0.29) is 17.0 Å². The number of amidine groups is 1. The average Bonchev–Trinajstić information content (AvgIpc) is 2.85. The summed E-state index contributed by atoms with van der Waals surface area (Å²) < 4.78 is 34.0. The Morgan fingerprint density at radius 1 is 1.31 bits per heavy atom. The van der Waals surface area contributed by atoms with Crippen molar-refractivity contribution in [3.8, 4) is 0 Å². The molecule has 0 aliphatic carbocycles. The van der Waals surface area contributed by atoms with Gasteiger partial charge < -0.3 is 14.5 Å². The smallest absolute Gasteiger partial charge is 0.410 e. The van der Waals surface area contributed by atoms with E-state index in [0.717, 1.165) is 12.8 Å². The minimum atomic E-state index is -3.64. The van der Waals surface area contributed by atoms with Crippen LogP contribution in [0, 0.1) is 0 Å². The lowest BCUT2D eigenvalue weighted by Crippen LogP contribution is -2.51. The highest BCUT2D eigenvalue weighted by atomic mass is 32.2. The van der Waals surface area contributed by atoms with Crippen LogP contribution in [-0.4, -0.2) is 61.9 Å². The highest BCUT2D eigenvalue weighted by Crippen LogP contribution is 2.29. The van der Waals surface area contributed by atoms with Crippen LogP contribution in [0.4, 0.5) is 4.79 Å². The number of piperidine rings is 1. The second kappa shape index (κ2) is 6.57.